The highest BCUT2D eigenvalue weighted by atomic mass is 16.5. The average molecular weight is 390 g/mol. The van der Waals surface area contributed by atoms with Crippen LogP contribution in [0.1, 0.15) is 36.8 Å². The molecule has 1 aromatic heterocycles. The lowest BCUT2D eigenvalue weighted by Crippen LogP contribution is -2.53. The standard InChI is InChI=1S/C21H22N6O2/c1-21(2)20(28)19(16-11-14(12-22)9-10-17(16)29-21)27(15-7-5-4-6-8-15)13-18-23-25-26(3)24-18/h4-11,19-20,28H,13H2,1-3H3/t19-,20+/m0/s1. The van der Waals surface area contributed by atoms with Crippen LogP contribution in [-0.2, 0) is 13.6 Å². The predicted octanol–water partition coefficient (Wildman–Crippen LogP) is 2.36. The molecule has 8 heteroatoms. The number of hydrogen-bond donors (Lipinski definition) is 1. The van der Waals surface area contributed by atoms with Crippen molar-refractivity contribution in [3.8, 4) is 11.8 Å². The fraction of sp³-hybridized carbons (Fsp3) is 0.333. The quantitative estimate of drug-likeness (QED) is 0.730. The molecule has 0 radical (unpaired) electrons. The van der Waals surface area contributed by atoms with E-state index < -0.39 is 17.7 Å². The van der Waals surface area contributed by atoms with E-state index in [9.17, 15) is 10.4 Å². The predicted molar refractivity (Wildman–Crippen MR) is 106 cm³/mol. The molecule has 0 spiro atoms. The van der Waals surface area contributed by atoms with E-state index in [1.54, 1.807) is 25.2 Å². The molecule has 0 aliphatic carbocycles. The van der Waals surface area contributed by atoms with Crippen LogP contribution in [-0.4, -0.2) is 37.0 Å². The van der Waals surface area contributed by atoms with Gasteiger partial charge in [-0.2, -0.15) is 10.1 Å². The molecule has 0 saturated heterocycles. The van der Waals surface area contributed by atoms with Gasteiger partial charge in [-0.05, 0) is 49.4 Å². The van der Waals surface area contributed by atoms with Crippen LogP contribution < -0.4 is 9.64 Å². The molecule has 2 aromatic carbocycles. The number of aryl methyl sites for hydroxylation is 1. The smallest absolute Gasteiger partial charge is 0.194 e. The molecule has 0 bridgehead atoms. The largest absolute Gasteiger partial charge is 0.485 e. The normalized spacial score (nSPS) is 19.7. The topological polar surface area (TPSA) is 100 Å². The Balaban J connectivity index is 1.87. The van der Waals surface area contributed by atoms with Crippen LogP contribution in [0, 0.1) is 11.3 Å². The van der Waals surface area contributed by atoms with Crippen molar-refractivity contribution in [2.75, 3.05) is 4.90 Å². The zero-order chi connectivity index (χ0) is 20.6. The second kappa shape index (κ2) is 7.18. The summed E-state index contributed by atoms with van der Waals surface area (Å²) in [6.45, 7) is 4.05. The number of benzene rings is 2. The highest BCUT2D eigenvalue weighted by molar-refractivity contribution is 5.54. The van der Waals surface area contributed by atoms with E-state index in [1.165, 1.54) is 4.80 Å². The van der Waals surface area contributed by atoms with Crippen LogP contribution in [0.4, 0.5) is 5.69 Å². The molecule has 8 nitrogen and oxygen atoms in total. The van der Waals surface area contributed by atoms with Gasteiger partial charge in [-0.3, -0.25) is 0 Å². The van der Waals surface area contributed by atoms with Gasteiger partial charge in [-0.15, -0.1) is 10.2 Å². The van der Waals surface area contributed by atoms with Crippen LogP contribution >= 0.6 is 0 Å². The van der Waals surface area contributed by atoms with E-state index in [-0.39, 0.29) is 0 Å². The number of tetrazole rings is 1. The minimum atomic E-state index is -0.860. The Morgan fingerprint density at radius 3 is 2.66 bits per heavy atom. The number of para-hydroxylation sites is 1. The fourth-order valence-corrected chi connectivity index (χ4v) is 3.68. The van der Waals surface area contributed by atoms with Gasteiger partial charge in [-0.1, -0.05) is 18.2 Å². The number of aliphatic hydroxyl groups is 1. The summed E-state index contributed by atoms with van der Waals surface area (Å²) in [5.74, 6) is 1.18. The van der Waals surface area contributed by atoms with E-state index in [4.69, 9.17) is 4.74 Å². The molecular weight excluding hydrogens is 368 g/mol. The van der Waals surface area contributed by atoms with E-state index in [0.717, 1.165) is 11.3 Å². The van der Waals surface area contributed by atoms with Crippen LogP contribution in [0.2, 0.25) is 0 Å². The first-order valence-electron chi connectivity index (χ1n) is 9.35. The molecule has 4 rings (SSSR count). The van der Waals surface area contributed by atoms with Crippen LogP contribution in [0.3, 0.4) is 0 Å². The molecule has 2 atom stereocenters. The van der Waals surface area contributed by atoms with Crippen LogP contribution in [0.15, 0.2) is 48.5 Å². The van der Waals surface area contributed by atoms with Gasteiger partial charge in [0.1, 0.15) is 17.5 Å². The SMILES string of the molecule is Cn1nnc(CN(c2ccccc2)[C@H]2c3cc(C#N)ccc3OC(C)(C)[C@@H]2O)n1. The molecule has 0 saturated carbocycles. The Kier molecular flexibility index (Phi) is 4.68. The van der Waals surface area contributed by atoms with Crippen molar-refractivity contribution in [2.24, 2.45) is 7.05 Å². The Morgan fingerprint density at radius 1 is 1.24 bits per heavy atom. The molecule has 0 fully saturated rings. The zero-order valence-electron chi connectivity index (χ0n) is 16.5. The summed E-state index contributed by atoms with van der Waals surface area (Å²) in [6, 6.07) is 16.8. The van der Waals surface area contributed by atoms with Crippen molar-refractivity contribution >= 4 is 5.69 Å². The molecule has 0 amide bonds. The van der Waals surface area contributed by atoms with Gasteiger partial charge in [0.05, 0.1) is 31.3 Å². The van der Waals surface area contributed by atoms with Gasteiger partial charge < -0.3 is 14.7 Å². The maximum Gasteiger partial charge on any atom is 0.194 e. The van der Waals surface area contributed by atoms with E-state index >= 15 is 0 Å². The van der Waals surface area contributed by atoms with Crippen molar-refractivity contribution < 1.29 is 9.84 Å². The molecule has 3 aromatic rings. The van der Waals surface area contributed by atoms with Gasteiger partial charge in [0.15, 0.2) is 5.82 Å². The number of ether oxygens (including phenoxy) is 1. The first-order chi connectivity index (χ1) is 13.9. The maximum atomic E-state index is 11.3. The number of rotatable bonds is 4. The highest BCUT2D eigenvalue weighted by Gasteiger charge is 2.46. The van der Waals surface area contributed by atoms with Gasteiger partial charge in [0.2, 0.25) is 0 Å². The lowest BCUT2D eigenvalue weighted by atomic mass is 9.84. The lowest BCUT2D eigenvalue weighted by molar-refractivity contribution is -0.0590. The molecule has 0 unspecified atom stereocenters. The van der Waals surface area contributed by atoms with Gasteiger partial charge in [0, 0.05) is 11.3 Å². The van der Waals surface area contributed by atoms with E-state index in [1.807, 2.05) is 49.1 Å². The minimum absolute atomic E-state index is 0.339. The molecule has 1 aliphatic rings. The van der Waals surface area contributed by atoms with Gasteiger partial charge in [-0.25, -0.2) is 0 Å². The summed E-state index contributed by atoms with van der Waals surface area (Å²) in [6.07, 6.45) is -0.860. The first-order valence-corrected chi connectivity index (χ1v) is 9.35. The Bertz CT molecular complexity index is 1060. The summed E-state index contributed by atoms with van der Waals surface area (Å²) >= 11 is 0. The summed E-state index contributed by atoms with van der Waals surface area (Å²) < 4.78 is 6.07. The second-order valence-electron chi connectivity index (χ2n) is 7.62. The minimum Gasteiger partial charge on any atom is -0.485 e. The third-order valence-corrected chi connectivity index (χ3v) is 5.13. The van der Waals surface area contributed by atoms with Crippen molar-refractivity contribution in [2.45, 2.75) is 38.1 Å². The monoisotopic (exact) mass is 390 g/mol. The first kappa shape index (κ1) is 18.9. The average Bonchev–Trinajstić information content (AvgIpc) is 3.13. The highest BCUT2D eigenvalue weighted by Crippen LogP contribution is 2.45. The van der Waals surface area contributed by atoms with Crippen molar-refractivity contribution in [3.05, 3.63) is 65.5 Å². The second-order valence-corrected chi connectivity index (χ2v) is 7.62. The van der Waals surface area contributed by atoms with Crippen molar-refractivity contribution in [1.29, 1.82) is 5.26 Å². The maximum absolute atomic E-state index is 11.3. The number of nitriles is 1. The van der Waals surface area contributed by atoms with Crippen molar-refractivity contribution in [3.63, 3.8) is 0 Å². The number of anilines is 1. The molecule has 148 valence electrons. The van der Waals surface area contributed by atoms with Gasteiger partial charge >= 0.3 is 0 Å². The van der Waals surface area contributed by atoms with Crippen LogP contribution in [0.25, 0.3) is 0 Å². The fourth-order valence-electron chi connectivity index (χ4n) is 3.68. The van der Waals surface area contributed by atoms with Crippen molar-refractivity contribution in [1.82, 2.24) is 20.2 Å². The molecule has 29 heavy (non-hydrogen) atoms. The van der Waals surface area contributed by atoms with Crippen LogP contribution in [0.5, 0.6) is 5.75 Å². The number of hydrogen-bond acceptors (Lipinski definition) is 7. The number of aromatic nitrogens is 4. The van der Waals surface area contributed by atoms with E-state index in [2.05, 4.69) is 21.5 Å². The lowest BCUT2D eigenvalue weighted by Gasteiger charge is -2.46. The molecule has 1 N–H and O–H groups in total. The Hall–Kier alpha value is -3.44. The molecule has 2 heterocycles. The summed E-state index contributed by atoms with van der Waals surface area (Å²) in [5, 5.41) is 33.1. The summed E-state index contributed by atoms with van der Waals surface area (Å²) in [7, 11) is 1.71. The summed E-state index contributed by atoms with van der Waals surface area (Å²) in [5.41, 5.74) is 1.34. The zero-order valence-corrected chi connectivity index (χ0v) is 16.5. The Labute approximate surface area is 169 Å². The summed E-state index contributed by atoms with van der Waals surface area (Å²) in [4.78, 5) is 3.44. The van der Waals surface area contributed by atoms with Gasteiger partial charge in [0.25, 0.3) is 0 Å². The third-order valence-electron chi connectivity index (χ3n) is 5.13. The number of nitrogens with zero attached hydrogens (tertiary/aromatic N) is 6. The molecular formula is C21H22N6O2. The Morgan fingerprint density at radius 2 is 2.00 bits per heavy atom. The number of aliphatic hydroxyl groups excluding tert-OH is 1. The third kappa shape index (κ3) is 3.52. The molecule has 1 aliphatic heterocycles. The number of fused-ring (bicyclic) bond motifs is 1. The van der Waals surface area contributed by atoms with E-state index in [0.29, 0.717) is 23.7 Å².